The van der Waals surface area contributed by atoms with Gasteiger partial charge in [-0.15, -0.1) is 11.3 Å². The van der Waals surface area contributed by atoms with Crippen LogP contribution in [0.2, 0.25) is 0 Å². The molecule has 0 atom stereocenters. The molecule has 3 aromatic heterocycles. The first-order valence-corrected chi connectivity index (χ1v) is 19.5. The molecule has 12 aromatic rings. The van der Waals surface area contributed by atoms with Gasteiger partial charge in [0.2, 0.25) is 0 Å². The fourth-order valence-corrected chi connectivity index (χ4v) is 10.0. The van der Waals surface area contributed by atoms with Crippen molar-refractivity contribution in [3.63, 3.8) is 0 Å². The first kappa shape index (κ1) is 30.5. The second-order valence-electron chi connectivity index (χ2n) is 14.3. The molecule has 0 saturated carbocycles. The monoisotopic (exact) mass is 718 g/mol. The average molecular weight is 719 g/mol. The van der Waals surface area contributed by atoms with Crippen molar-refractivity contribution in [2.45, 2.75) is 0 Å². The first-order chi connectivity index (χ1) is 27.3. The molecule has 0 radical (unpaired) electrons. The maximum absolute atomic E-state index is 6.82. The molecule has 55 heavy (non-hydrogen) atoms. The minimum Gasteiger partial charge on any atom is -0.455 e. The van der Waals surface area contributed by atoms with Crippen molar-refractivity contribution in [2.75, 3.05) is 0 Å². The quantitative estimate of drug-likeness (QED) is 0.169. The van der Waals surface area contributed by atoms with E-state index >= 15 is 0 Å². The molecule has 256 valence electrons. The number of hydrogen-bond donors (Lipinski definition) is 0. The first-order valence-electron chi connectivity index (χ1n) is 18.7. The zero-order chi connectivity index (χ0) is 36.0. The fraction of sp³-hybridized carbons (Fsp3) is 0. The van der Waals surface area contributed by atoms with E-state index in [1.165, 1.54) is 58.4 Å². The minimum atomic E-state index is 0.811. The summed E-state index contributed by atoms with van der Waals surface area (Å²) in [5.41, 5.74) is 10.6. The fourth-order valence-electron chi connectivity index (χ4n) is 8.88. The topological polar surface area (TPSA) is 26.3 Å². The number of fused-ring (bicyclic) bond motifs is 10. The number of hydrogen-bond acceptors (Lipinski definition) is 3. The van der Waals surface area contributed by atoms with Crippen LogP contribution in [0, 0.1) is 0 Å². The summed E-state index contributed by atoms with van der Waals surface area (Å²) in [6, 6.07) is 65.3. The maximum Gasteiger partial charge on any atom is 0.147 e. The second-order valence-corrected chi connectivity index (χ2v) is 15.4. The molecule has 2 nitrogen and oxygen atoms in total. The van der Waals surface area contributed by atoms with Crippen LogP contribution in [0.3, 0.4) is 0 Å². The molecule has 0 N–H and O–H groups in total. The third-order valence-electron chi connectivity index (χ3n) is 11.3. The Kier molecular flexibility index (Phi) is 6.54. The van der Waals surface area contributed by atoms with Crippen molar-refractivity contribution < 1.29 is 8.83 Å². The van der Waals surface area contributed by atoms with Gasteiger partial charge in [-0.1, -0.05) is 146 Å². The molecule has 0 spiro atoms. The predicted octanol–water partition coefficient (Wildman–Crippen LogP) is 15.7. The highest BCUT2D eigenvalue weighted by atomic mass is 32.1. The van der Waals surface area contributed by atoms with Gasteiger partial charge in [0.05, 0.1) is 5.39 Å². The van der Waals surface area contributed by atoms with Gasteiger partial charge in [0.1, 0.15) is 22.5 Å². The summed E-state index contributed by atoms with van der Waals surface area (Å²) in [6.45, 7) is 0. The number of rotatable bonds is 4. The zero-order valence-corrected chi connectivity index (χ0v) is 30.4. The molecule has 0 unspecified atom stereocenters. The molecular weight excluding hydrogens is 689 g/mol. The number of benzene rings is 9. The zero-order valence-electron chi connectivity index (χ0n) is 29.5. The van der Waals surface area contributed by atoms with E-state index in [4.69, 9.17) is 8.83 Å². The van der Waals surface area contributed by atoms with Crippen molar-refractivity contribution in [1.29, 1.82) is 0 Å². The van der Waals surface area contributed by atoms with Crippen LogP contribution in [-0.2, 0) is 0 Å². The van der Waals surface area contributed by atoms with Crippen molar-refractivity contribution in [2.24, 2.45) is 0 Å². The van der Waals surface area contributed by atoms with Crippen molar-refractivity contribution in [1.82, 2.24) is 0 Å². The molecule has 3 heteroatoms. The third-order valence-corrected chi connectivity index (χ3v) is 12.4. The summed E-state index contributed by atoms with van der Waals surface area (Å²) in [7, 11) is 0. The Bertz CT molecular complexity index is 3420. The Labute approximate surface area is 320 Å². The van der Waals surface area contributed by atoms with E-state index in [1.54, 1.807) is 0 Å². The van der Waals surface area contributed by atoms with Crippen LogP contribution in [0.25, 0.3) is 119 Å². The van der Waals surface area contributed by atoms with Crippen molar-refractivity contribution in [3.05, 3.63) is 182 Å². The largest absolute Gasteiger partial charge is 0.455 e. The summed E-state index contributed by atoms with van der Waals surface area (Å²) in [5, 5.41) is 10.7. The molecule has 3 heterocycles. The van der Waals surface area contributed by atoms with Gasteiger partial charge in [0.25, 0.3) is 0 Å². The van der Waals surface area contributed by atoms with E-state index in [0.29, 0.717) is 0 Å². The van der Waals surface area contributed by atoms with Crippen molar-refractivity contribution >= 4 is 86.0 Å². The molecule has 0 aliphatic carbocycles. The van der Waals surface area contributed by atoms with Gasteiger partial charge in [0, 0.05) is 42.1 Å². The van der Waals surface area contributed by atoms with Gasteiger partial charge >= 0.3 is 0 Å². The van der Waals surface area contributed by atoms with E-state index in [9.17, 15) is 0 Å². The molecule has 9 aromatic carbocycles. The Hall–Kier alpha value is -6.94. The SMILES string of the molecule is c1ccc(-c2oc3ccc4c5cc(-c6c7ccccc7c(-c7ccc8c(c7)sc7ccccc78)c7ccccc67)ccc5oc4c3c2-c2ccccc2)cc1. The van der Waals surface area contributed by atoms with E-state index in [0.717, 1.165) is 60.9 Å². The van der Waals surface area contributed by atoms with Gasteiger partial charge < -0.3 is 8.83 Å². The van der Waals surface area contributed by atoms with Gasteiger partial charge in [-0.25, -0.2) is 0 Å². The van der Waals surface area contributed by atoms with Crippen LogP contribution >= 0.6 is 11.3 Å². The lowest BCUT2D eigenvalue weighted by Gasteiger charge is -2.18. The highest BCUT2D eigenvalue weighted by Gasteiger charge is 2.24. The molecule has 0 saturated heterocycles. The Morgan fingerprint density at radius 3 is 1.53 bits per heavy atom. The van der Waals surface area contributed by atoms with Crippen LogP contribution in [0.4, 0.5) is 0 Å². The summed E-state index contributed by atoms with van der Waals surface area (Å²) in [6.07, 6.45) is 0. The van der Waals surface area contributed by atoms with E-state index in [-0.39, 0.29) is 0 Å². The highest BCUT2D eigenvalue weighted by Crippen LogP contribution is 2.48. The van der Waals surface area contributed by atoms with Gasteiger partial charge in [-0.2, -0.15) is 0 Å². The van der Waals surface area contributed by atoms with Crippen LogP contribution in [0.1, 0.15) is 0 Å². The smallest absolute Gasteiger partial charge is 0.147 e. The summed E-state index contributed by atoms with van der Waals surface area (Å²) in [4.78, 5) is 0. The van der Waals surface area contributed by atoms with Gasteiger partial charge in [-0.05, 0) is 85.8 Å². The second kappa shape index (κ2) is 11.8. The summed E-state index contributed by atoms with van der Waals surface area (Å²) in [5.74, 6) is 0.847. The molecule has 0 aliphatic heterocycles. The average Bonchev–Trinajstić information content (AvgIpc) is 3.94. The van der Waals surface area contributed by atoms with E-state index in [2.05, 4.69) is 176 Å². The third kappa shape index (κ3) is 4.54. The number of thiophene rings is 1. The standard InChI is InChI=1S/C52H30O2S/c1-3-13-31(14-4-1)49-50-44(54-51(49)32-15-5-2-6-16-32)28-26-41-42-29-33(24-27-43(42)53-52(41)50)47-37-18-7-9-20-39(37)48(40-21-10-8-19-38(40)47)34-23-25-36-35-17-11-12-22-45(35)55-46(36)30-34/h1-30H. The van der Waals surface area contributed by atoms with Gasteiger partial charge in [0.15, 0.2) is 0 Å². The lowest BCUT2D eigenvalue weighted by Crippen LogP contribution is -1.90. The maximum atomic E-state index is 6.82. The number of furan rings is 2. The van der Waals surface area contributed by atoms with E-state index < -0.39 is 0 Å². The van der Waals surface area contributed by atoms with E-state index in [1.807, 2.05) is 17.4 Å². The highest BCUT2D eigenvalue weighted by molar-refractivity contribution is 7.25. The predicted molar refractivity (Wildman–Crippen MR) is 233 cm³/mol. The Morgan fingerprint density at radius 1 is 0.309 bits per heavy atom. The Morgan fingerprint density at radius 2 is 0.836 bits per heavy atom. The summed E-state index contributed by atoms with van der Waals surface area (Å²) < 4.78 is 16.1. The van der Waals surface area contributed by atoms with Crippen LogP contribution in [0.15, 0.2) is 191 Å². The minimum absolute atomic E-state index is 0.811. The normalized spacial score (nSPS) is 12.0. The van der Waals surface area contributed by atoms with Crippen molar-refractivity contribution in [3.8, 4) is 44.7 Å². The molecule has 0 fully saturated rings. The lowest BCUT2D eigenvalue weighted by molar-refractivity contribution is 0.631. The Balaban J connectivity index is 1.10. The van der Waals surface area contributed by atoms with Crippen LogP contribution in [-0.4, -0.2) is 0 Å². The molecule has 12 rings (SSSR count). The van der Waals surface area contributed by atoms with Gasteiger partial charge in [-0.3, -0.25) is 0 Å². The van der Waals surface area contributed by atoms with Crippen LogP contribution in [0.5, 0.6) is 0 Å². The molecule has 0 bridgehead atoms. The molecular formula is C52H30O2S. The molecule has 0 amide bonds. The molecule has 0 aliphatic rings. The lowest BCUT2D eigenvalue weighted by atomic mass is 9.85. The van der Waals surface area contributed by atoms with Crippen LogP contribution < -0.4 is 0 Å². The summed E-state index contributed by atoms with van der Waals surface area (Å²) >= 11 is 1.87.